The Kier molecular flexibility index (Phi) is 3.78. The fraction of sp³-hybridized carbons (Fsp3) is 0.154. The van der Waals surface area contributed by atoms with Gasteiger partial charge in [-0.05, 0) is 18.4 Å². The Balaban J connectivity index is 2.29. The van der Waals surface area contributed by atoms with Gasteiger partial charge in [0.1, 0.15) is 0 Å². The third-order valence-corrected chi connectivity index (χ3v) is 2.59. The lowest BCUT2D eigenvalue weighted by atomic mass is 10.2. The third kappa shape index (κ3) is 2.66. The van der Waals surface area contributed by atoms with Crippen molar-refractivity contribution in [1.29, 1.82) is 0 Å². The maximum atomic E-state index is 13.3. The highest BCUT2D eigenvalue weighted by Gasteiger charge is 2.24. The maximum absolute atomic E-state index is 13.3. The molecule has 1 aromatic carbocycles. The first kappa shape index (κ1) is 14.1. The van der Waals surface area contributed by atoms with Gasteiger partial charge in [-0.15, -0.1) is 0 Å². The van der Waals surface area contributed by atoms with E-state index >= 15 is 0 Å². The molecule has 0 bridgehead atoms. The molecule has 1 aliphatic rings. The van der Waals surface area contributed by atoms with E-state index in [9.17, 15) is 22.4 Å². The molecule has 1 heterocycles. The van der Waals surface area contributed by atoms with Crippen molar-refractivity contribution < 1.29 is 27.1 Å². The van der Waals surface area contributed by atoms with E-state index in [1.807, 2.05) is 0 Å². The number of rotatable bonds is 2. The molecule has 0 fully saturated rings. The average molecular weight is 287 g/mol. The maximum Gasteiger partial charge on any atom is 0.341 e. The van der Waals surface area contributed by atoms with Crippen LogP contribution in [0.2, 0.25) is 0 Å². The summed E-state index contributed by atoms with van der Waals surface area (Å²) in [5.74, 6) is -9.24. The minimum absolute atomic E-state index is 0.0401. The summed E-state index contributed by atoms with van der Waals surface area (Å²) in [6, 6.07) is 0.0401. The van der Waals surface area contributed by atoms with Crippen molar-refractivity contribution in [2.75, 3.05) is 13.6 Å². The summed E-state index contributed by atoms with van der Waals surface area (Å²) >= 11 is 0. The van der Waals surface area contributed by atoms with Crippen LogP contribution >= 0.6 is 0 Å². The second-order valence-electron chi connectivity index (χ2n) is 4.14. The molecule has 7 heteroatoms. The predicted molar refractivity (Wildman–Crippen MR) is 61.8 cm³/mol. The summed E-state index contributed by atoms with van der Waals surface area (Å²) in [5.41, 5.74) is 0.0958. The van der Waals surface area contributed by atoms with Gasteiger partial charge < -0.3 is 9.64 Å². The zero-order chi connectivity index (χ0) is 14.9. The van der Waals surface area contributed by atoms with Crippen molar-refractivity contribution in [2.24, 2.45) is 0 Å². The normalized spacial score (nSPS) is 14.2. The summed E-state index contributed by atoms with van der Waals surface area (Å²) in [7, 11) is 1.67. The number of hydrogen-bond donors (Lipinski definition) is 0. The molecule has 0 aliphatic carbocycles. The van der Waals surface area contributed by atoms with Gasteiger partial charge >= 0.3 is 5.97 Å². The van der Waals surface area contributed by atoms with Crippen molar-refractivity contribution >= 4 is 5.97 Å². The molecule has 0 unspecified atom stereocenters. The van der Waals surface area contributed by atoms with Gasteiger partial charge in [-0.25, -0.2) is 13.6 Å². The van der Waals surface area contributed by atoms with Crippen LogP contribution in [0.15, 0.2) is 30.0 Å². The Morgan fingerprint density at radius 3 is 2.35 bits per heavy atom. The lowest BCUT2D eigenvalue weighted by Crippen LogP contribution is -2.25. The van der Waals surface area contributed by atoms with Crippen LogP contribution in [0.1, 0.15) is 0 Å². The van der Waals surface area contributed by atoms with Crippen LogP contribution in [0, 0.1) is 23.3 Å². The van der Waals surface area contributed by atoms with Gasteiger partial charge in [-0.2, -0.15) is 8.78 Å². The van der Waals surface area contributed by atoms with Crippen LogP contribution in [0.3, 0.4) is 0 Å². The van der Waals surface area contributed by atoms with E-state index < -0.39 is 35.0 Å². The molecule has 106 valence electrons. The molecule has 3 nitrogen and oxygen atoms in total. The summed E-state index contributed by atoms with van der Waals surface area (Å²) in [6.07, 6.45) is 4.58. The SMILES string of the molecule is CN1C=CC=C(C(=O)Oc2c(F)c(F)cc(F)c2F)C1. The van der Waals surface area contributed by atoms with E-state index in [0.29, 0.717) is 0 Å². The van der Waals surface area contributed by atoms with Crippen LogP contribution in [0.25, 0.3) is 0 Å². The van der Waals surface area contributed by atoms with Gasteiger partial charge in [0.2, 0.25) is 17.4 Å². The Bertz CT molecular complexity index is 599. The summed E-state index contributed by atoms with van der Waals surface area (Å²) in [4.78, 5) is 13.3. The molecule has 0 aromatic heterocycles. The van der Waals surface area contributed by atoms with Gasteiger partial charge in [-0.1, -0.05) is 0 Å². The number of carbonyl (C=O) groups excluding carboxylic acids is 1. The molecule has 0 amide bonds. The largest absolute Gasteiger partial charge is 0.417 e. The topological polar surface area (TPSA) is 29.5 Å². The average Bonchev–Trinajstić information content (AvgIpc) is 2.41. The number of allylic oxidation sites excluding steroid dienone is 2. The van der Waals surface area contributed by atoms with Crippen LogP contribution in [0.4, 0.5) is 17.6 Å². The zero-order valence-corrected chi connectivity index (χ0v) is 10.3. The molecule has 1 aromatic rings. The molecule has 20 heavy (non-hydrogen) atoms. The molecule has 0 N–H and O–H groups in total. The monoisotopic (exact) mass is 287 g/mol. The fourth-order valence-corrected chi connectivity index (χ4v) is 1.61. The molecular formula is C13H9F4NO2. The Hall–Kier alpha value is -2.31. The highest BCUT2D eigenvalue weighted by molar-refractivity contribution is 5.91. The van der Waals surface area contributed by atoms with Gasteiger partial charge in [0.05, 0.1) is 5.57 Å². The minimum atomic E-state index is -1.75. The predicted octanol–water partition coefficient (Wildman–Crippen LogP) is 2.53. The van der Waals surface area contributed by atoms with Gasteiger partial charge in [0, 0.05) is 19.7 Å². The fourth-order valence-electron chi connectivity index (χ4n) is 1.61. The van der Waals surface area contributed by atoms with E-state index in [0.717, 1.165) is 0 Å². The van der Waals surface area contributed by atoms with Gasteiger partial charge in [0.15, 0.2) is 11.6 Å². The third-order valence-electron chi connectivity index (χ3n) is 2.59. The number of likely N-dealkylation sites (N-methyl/N-ethyl adjacent to an activating group) is 1. The summed E-state index contributed by atoms with van der Waals surface area (Å²) in [6.45, 7) is 0.149. The van der Waals surface area contributed by atoms with Crippen LogP contribution in [-0.4, -0.2) is 24.5 Å². The first-order chi connectivity index (χ1) is 9.40. The first-order valence-corrected chi connectivity index (χ1v) is 5.53. The van der Waals surface area contributed by atoms with E-state index in [2.05, 4.69) is 4.74 Å². The van der Waals surface area contributed by atoms with Crippen molar-refractivity contribution in [3.8, 4) is 5.75 Å². The van der Waals surface area contributed by atoms with Crippen molar-refractivity contribution in [3.63, 3.8) is 0 Å². The highest BCUT2D eigenvalue weighted by atomic mass is 19.2. The Labute approximate surface area is 111 Å². The smallest absolute Gasteiger partial charge is 0.341 e. The van der Waals surface area contributed by atoms with Gasteiger partial charge in [-0.3, -0.25) is 0 Å². The van der Waals surface area contributed by atoms with Crippen LogP contribution in [-0.2, 0) is 4.79 Å². The highest BCUT2D eigenvalue weighted by Crippen LogP contribution is 2.27. The number of carbonyl (C=O) groups is 1. The molecule has 0 radical (unpaired) electrons. The molecule has 0 saturated heterocycles. The second-order valence-corrected chi connectivity index (χ2v) is 4.14. The number of ether oxygens (including phenoxy) is 1. The number of benzene rings is 1. The van der Waals surface area contributed by atoms with Crippen molar-refractivity contribution in [1.82, 2.24) is 4.90 Å². The van der Waals surface area contributed by atoms with Crippen molar-refractivity contribution in [3.05, 3.63) is 53.3 Å². The standard InChI is InChI=1S/C13H9F4NO2/c1-18-4-2-3-7(6-18)13(19)20-12-10(16)8(14)5-9(15)11(12)17/h2-5H,6H2,1H3. The first-order valence-electron chi connectivity index (χ1n) is 5.53. The second kappa shape index (κ2) is 5.36. The summed E-state index contributed by atoms with van der Waals surface area (Å²) < 4.78 is 57.1. The van der Waals surface area contributed by atoms with Crippen LogP contribution in [0.5, 0.6) is 5.75 Å². The molecule has 1 aliphatic heterocycles. The molecule has 0 saturated carbocycles. The minimum Gasteiger partial charge on any atom is -0.417 e. The number of esters is 1. The number of nitrogens with zero attached hydrogens (tertiary/aromatic N) is 1. The quantitative estimate of drug-likeness (QED) is 0.362. The van der Waals surface area contributed by atoms with E-state index in [1.165, 1.54) is 12.2 Å². The summed E-state index contributed by atoms with van der Waals surface area (Å²) in [5, 5.41) is 0. The molecule has 0 atom stereocenters. The number of hydrogen-bond acceptors (Lipinski definition) is 3. The lowest BCUT2D eigenvalue weighted by molar-refractivity contribution is -0.130. The zero-order valence-electron chi connectivity index (χ0n) is 10.3. The number of halogens is 4. The van der Waals surface area contributed by atoms with Crippen molar-refractivity contribution in [2.45, 2.75) is 0 Å². The molecule has 0 spiro atoms. The molecule has 2 rings (SSSR count). The molecular weight excluding hydrogens is 278 g/mol. The Morgan fingerprint density at radius 2 is 1.80 bits per heavy atom. The lowest BCUT2D eigenvalue weighted by Gasteiger charge is -2.18. The van der Waals surface area contributed by atoms with Crippen LogP contribution < -0.4 is 4.74 Å². The van der Waals surface area contributed by atoms with E-state index in [1.54, 1.807) is 18.1 Å². The van der Waals surface area contributed by atoms with E-state index in [-0.39, 0.29) is 18.2 Å². The Morgan fingerprint density at radius 1 is 1.20 bits per heavy atom. The van der Waals surface area contributed by atoms with Gasteiger partial charge in [0.25, 0.3) is 0 Å². The van der Waals surface area contributed by atoms with E-state index in [4.69, 9.17) is 0 Å².